The molecule has 1 aliphatic heterocycles. The van der Waals surface area contributed by atoms with Crippen molar-refractivity contribution in [2.24, 2.45) is 0 Å². The van der Waals surface area contributed by atoms with Gasteiger partial charge in [-0.05, 0) is 32.9 Å². The second kappa shape index (κ2) is 4.37. The third kappa shape index (κ3) is 2.42. The predicted molar refractivity (Wildman–Crippen MR) is 53.3 cm³/mol. The van der Waals surface area contributed by atoms with Gasteiger partial charge in [-0.2, -0.15) is 0 Å². The number of hydrogen-bond acceptors (Lipinski definition) is 4. The Bertz CT molecular complexity index is 297. The summed E-state index contributed by atoms with van der Waals surface area (Å²) in [4.78, 5) is 8.31. The summed E-state index contributed by atoms with van der Waals surface area (Å²) in [5, 5.41) is 3.30. The van der Waals surface area contributed by atoms with Crippen LogP contribution in [-0.2, 0) is 0 Å². The first kappa shape index (κ1) is 9.40. The molecular weight excluding hydrogens is 178 g/mol. The quantitative estimate of drug-likeness (QED) is 0.758. The molecule has 1 aliphatic rings. The lowest BCUT2D eigenvalue weighted by Crippen LogP contribution is -2.34. The molecule has 4 heteroatoms. The van der Waals surface area contributed by atoms with Crippen LogP contribution in [0.4, 0.5) is 0 Å². The minimum absolute atomic E-state index is 0.298. The molecule has 0 atom stereocenters. The number of aromatic nitrogens is 2. The fourth-order valence-electron chi connectivity index (χ4n) is 1.58. The first-order chi connectivity index (χ1) is 6.84. The highest BCUT2D eigenvalue weighted by Crippen LogP contribution is 2.12. The van der Waals surface area contributed by atoms with Crippen LogP contribution in [0, 0.1) is 6.92 Å². The molecule has 0 amide bonds. The van der Waals surface area contributed by atoms with Crippen molar-refractivity contribution in [2.75, 3.05) is 13.1 Å². The van der Waals surface area contributed by atoms with Gasteiger partial charge in [0.25, 0.3) is 0 Å². The third-order valence-corrected chi connectivity index (χ3v) is 2.31. The second-order valence-corrected chi connectivity index (χ2v) is 3.57. The van der Waals surface area contributed by atoms with E-state index >= 15 is 0 Å². The number of aryl methyl sites for hydroxylation is 1. The molecule has 4 nitrogen and oxygen atoms in total. The first-order valence-corrected chi connectivity index (χ1v) is 5.00. The van der Waals surface area contributed by atoms with E-state index in [1.165, 1.54) is 0 Å². The van der Waals surface area contributed by atoms with Gasteiger partial charge in [0.2, 0.25) is 5.88 Å². The van der Waals surface area contributed by atoms with Gasteiger partial charge in [-0.1, -0.05) is 0 Å². The van der Waals surface area contributed by atoms with Crippen LogP contribution in [0.1, 0.15) is 18.5 Å². The Morgan fingerprint density at radius 3 is 2.86 bits per heavy atom. The lowest BCUT2D eigenvalue weighted by atomic mass is 10.1. The summed E-state index contributed by atoms with van der Waals surface area (Å²) in [6, 6.07) is 0. The number of piperidine rings is 1. The Kier molecular flexibility index (Phi) is 2.93. The van der Waals surface area contributed by atoms with Crippen molar-refractivity contribution in [3.05, 3.63) is 18.1 Å². The monoisotopic (exact) mass is 193 g/mol. The topological polar surface area (TPSA) is 47.0 Å². The normalized spacial score (nSPS) is 18.1. The molecule has 1 fully saturated rings. The molecular formula is C10H15N3O. The summed E-state index contributed by atoms with van der Waals surface area (Å²) in [6.45, 7) is 3.98. The maximum Gasteiger partial charge on any atom is 0.232 e. The molecule has 1 aromatic rings. The average molecular weight is 193 g/mol. The molecule has 0 aliphatic carbocycles. The van der Waals surface area contributed by atoms with Crippen LogP contribution < -0.4 is 10.1 Å². The fourth-order valence-corrected chi connectivity index (χ4v) is 1.58. The van der Waals surface area contributed by atoms with Crippen molar-refractivity contribution < 1.29 is 4.74 Å². The Balaban J connectivity index is 1.95. The van der Waals surface area contributed by atoms with Gasteiger partial charge in [0.15, 0.2) is 0 Å². The summed E-state index contributed by atoms with van der Waals surface area (Å²) < 4.78 is 5.72. The molecule has 1 aromatic heterocycles. The van der Waals surface area contributed by atoms with Gasteiger partial charge >= 0.3 is 0 Å². The lowest BCUT2D eigenvalue weighted by Gasteiger charge is -2.22. The molecule has 1 N–H and O–H groups in total. The van der Waals surface area contributed by atoms with Crippen molar-refractivity contribution in [1.82, 2.24) is 15.3 Å². The van der Waals surface area contributed by atoms with Crippen molar-refractivity contribution in [3.63, 3.8) is 0 Å². The smallest absolute Gasteiger partial charge is 0.232 e. The zero-order valence-corrected chi connectivity index (χ0v) is 8.36. The highest BCUT2D eigenvalue weighted by atomic mass is 16.5. The Hall–Kier alpha value is -1.16. The summed E-state index contributed by atoms with van der Waals surface area (Å²) in [7, 11) is 0. The largest absolute Gasteiger partial charge is 0.473 e. The van der Waals surface area contributed by atoms with Gasteiger partial charge in [0.05, 0.1) is 11.9 Å². The van der Waals surface area contributed by atoms with Crippen LogP contribution in [0.15, 0.2) is 12.4 Å². The number of ether oxygens (including phenoxy) is 1. The van der Waals surface area contributed by atoms with Crippen molar-refractivity contribution in [3.8, 4) is 5.88 Å². The van der Waals surface area contributed by atoms with E-state index in [9.17, 15) is 0 Å². The van der Waals surface area contributed by atoms with E-state index in [-0.39, 0.29) is 0 Å². The lowest BCUT2D eigenvalue weighted by molar-refractivity contribution is 0.155. The zero-order chi connectivity index (χ0) is 9.80. The van der Waals surface area contributed by atoms with E-state index in [0.717, 1.165) is 31.6 Å². The molecule has 0 spiro atoms. The Morgan fingerprint density at radius 2 is 2.14 bits per heavy atom. The summed E-state index contributed by atoms with van der Waals surface area (Å²) in [6.07, 6.45) is 5.81. The highest BCUT2D eigenvalue weighted by molar-refractivity contribution is 5.07. The SMILES string of the molecule is Cc1cncc(OC2CCNCC2)n1. The maximum absolute atomic E-state index is 5.72. The van der Waals surface area contributed by atoms with Gasteiger partial charge in [-0.15, -0.1) is 0 Å². The van der Waals surface area contributed by atoms with Crippen LogP contribution >= 0.6 is 0 Å². The molecule has 0 saturated carbocycles. The van der Waals surface area contributed by atoms with Crippen molar-refractivity contribution in [1.29, 1.82) is 0 Å². The number of rotatable bonds is 2. The molecule has 1 saturated heterocycles. The minimum Gasteiger partial charge on any atom is -0.473 e. The number of nitrogens with zero attached hydrogens (tertiary/aromatic N) is 2. The molecule has 0 radical (unpaired) electrons. The van der Waals surface area contributed by atoms with E-state index in [2.05, 4.69) is 15.3 Å². The second-order valence-electron chi connectivity index (χ2n) is 3.57. The number of hydrogen-bond donors (Lipinski definition) is 1. The van der Waals surface area contributed by atoms with Gasteiger partial charge in [-0.25, -0.2) is 4.98 Å². The van der Waals surface area contributed by atoms with Crippen LogP contribution in [0.2, 0.25) is 0 Å². The zero-order valence-electron chi connectivity index (χ0n) is 8.36. The minimum atomic E-state index is 0.298. The number of nitrogens with one attached hydrogen (secondary N) is 1. The standard InChI is InChI=1S/C10H15N3O/c1-8-6-12-7-10(13-8)14-9-2-4-11-5-3-9/h6-7,9,11H,2-5H2,1H3. The van der Waals surface area contributed by atoms with E-state index in [4.69, 9.17) is 4.74 Å². The molecule has 0 unspecified atom stereocenters. The summed E-state index contributed by atoms with van der Waals surface area (Å²) in [5.74, 6) is 0.650. The van der Waals surface area contributed by atoms with E-state index in [1.54, 1.807) is 12.4 Å². The van der Waals surface area contributed by atoms with E-state index < -0.39 is 0 Å². The van der Waals surface area contributed by atoms with Gasteiger partial charge in [-0.3, -0.25) is 4.98 Å². The molecule has 76 valence electrons. The third-order valence-electron chi connectivity index (χ3n) is 2.31. The molecule has 0 aromatic carbocycles. The van der Waals surface area contributed by atoms with Crippen LogP contribution in [0.25, 0.3) is 0 Å². The Labute approximate surface area is 83.7 Å². The maximum atomic E-state index is 5.72. The van der Waals surface area contributed by atoms with E-state index in [1.807, 2.05) is 6.92 Å². The van der Waals surface area contributed by atoms with Gasteiger partial charge in [0.1, 0.15) is 6.10 Å². The molecule has 14 heavy (non-hydrogen) atoms. The van der Waals surface area contributed by atoms with Crippen molar-refractivity contribution >= 4 is 0 Å². The van der Waals surface area contributed by atoms with Crippen LogP contribution in [-0.4, -0.2) is 29.2 Å². The first-order valence-electron chi connectivity index (χ1n) is 5.00. The Morgan fingerprint density at radius 1 is 1.36 bits per heavy atom. The van der Waals surface area contributed by atoms with Crippen molar-refractivity contribution in [2.45, 2.75) is 25.9 Å². The van der Waals surface area contributed by atoms with Gasteiger partial charge < -0.3 is 10.1 Å². The highest BCUT2D eigenvalue weighted by Gasteiger charge is 2.14. The predicted octanol–water partition coefficient (Wildman–Crippen LogP) is 0.916. The van der Waals surface area contributed by atoms with Gasteiger partial charge in [0, 0.05) is 6.20 Å². The molecule has 2 rings (SSSR count). The van der Waals surface area contributed by atoms with Crippen LogP contribution in [0.5, 0.6) is 5.88 Å². The fraction of sp³-hybridized carbons (Fsp3) is 0.600. The average Bonchev–Trinajstić information content (AvgIpc) is 2.19. The summed E-state index contributed by atoms with van der Waals surface area (Å²) in [5.41, 5.74) is 0.899. The summed E-state index contributed by atoms with van der Waals surface area (Å²) >= 11 is 0. The van der Waals surface area contributed by atoms with E-state index in [0.29, 0.717) is 12.0 Å². The molecule has 0 bridgehead atoms. The van der Waals surface area contributed by atoms with Crippen LogP contribution in [0.3, 0.4) is 0 Å². The molecule has 2 heterocycles.